The van der Waals surface area contributed by atoms with E-state index in [9.17, 15) is 9.59 Å². The molecule has 0 aliphatic carbocycles. The van der Waals surface area contributed by atoms with E-state index in [1.165, 1.54) is 13.1 Å². The van der Waals surface area contributed by atoms with Gasteiger partial charge in [0, 0.05) is 6.20 Å². The predicted octanol–water partition coefficient (Wildman–Crippen LogP) is 1.52. The molecule has 0 aliphatic heterocycles. The van der Waals surface area contributed by atoms with Crippen LogP contribution in [-0.2, 0) is 9.53 Å². The standard InChI is InChI=1S/C14H21N3O4/c1-9(18)10(17-13(19)21-14(2,3)4)8-20-11-6-5-7-16-12(11)15/h5-7,10H,8H2,1-4H3,(H2,15,16)(H,17,19)/t10-/m0/s1. The van der Waals surface area contributed by atoms with E-state index in [0.29, 0.717) is 5.75 Å². The maximum Gasteiger partial charge on any atom is 0.408 e. The van der Waals surface area contributed by atoms with Gasteiger partial charge in [0.1, 0.15) is 18.2 Å². The Labute approximate surface area is 123 Å². The summed E-state index contributed by atoms with van der Waals surface area (Å²) in [5.74, 6) is 0.329. The number of hydrogen-bond acceptors (Lipinski definition) is 6. The second-order valence-electron chi connectivity index (χ2n) is 5.51. The van der Waals surface area contributed by atoms with Crippen molar-refractivity contribution in [3.63, 3.8) is 0 Å². The van der Waals surface area contributed by atoms with E-state index in [0.717, 1.165) is 0 Å². The molecule has 1 atom stereocenters. The van der Waals surface area contributed by atoms with Crippen LogP contribution >= 0.6 is 0 Å². The van der Waals surface area contributed by atoms with Crippen LogP contribution in [0.1, 0.15) is 27.7 Å². The van der Waals surface area contributed by atoms with Crippen molar-refractivity contribution in [3.05, 3.63) is 18.3 Å². The van der Waals surface area contributed by atoms with Crippen molar-refractivity contribution in [3.8, 4) is 5.75 Å². The fourth-order valence-corrected chi connectivity index (χ4v) is 1.41. The minimum Gasteiger partial charge on any atom is -0.487 e. The molecule has 1 aromatic heterocycles. The van der Waals surface area contributed by atoms with Crippen LogP contribution in [0.2, 0.25) is 0 Å². The van der Waals surface area contributed by atoms with Crippen LogP contribution < -0.4 is 15.8 Å². The molecule has 1 heterocycles. The molecule has 0 saturated heterocycles. The average Bonchev–Trinajstić information content (AvgIpc) is 2.33. The highest BCUT2D eigenvalue weighted by molar-refractivity contribution is 5.85. The molecule has 0 aromatic carbocycles. The quantitative estimate of drug-likeness (QED) is 0.853. The number of nitrogens with two attached hydrogens (primary N) is 1. The monoisotopic (exact) mass is 295 g/mol. The molecule has 0 aliphatic rings. The highest BCUT2D eigenvalue weighted by Crippen LogP contribution is 2.17. The zero-order valence-corrected chi connectivity index (χ0v) is 12.7. The van der Waals surface area contributed by atoms with Crippen molar-refractivity contribution in [2.75, 3.05) is 12.3 Å². The van der Waals surface area contributed by atoms with Gasteiger partial charge in [0.05, 0.1) is 0 Å². The second kappa shape index (κ2) is 6.92. The minimum atomic E-state index is -0.820. The zero-order chi connectivity index (χ0) is 16.0. The van der Waals surface area contributed by atoms with Crippen LogP contribution in [0.5, 0.6) is 5.75 Å². The van der Waals surface area contributed by atoms with Gasteiger partial charge in [0.15, 0.2) is 17.4 Å². The Morgan fingerprint density at radius 1 is 1.43 bits per heavy atom. The molecule has 3 N–H and O–H groups in total. The van der Waals surface area contributed by atoms with Crippen LogP contribution in [0.25, 0.3) is 0 Å². The summed E-state index contributed by atoms with van der Waals surface area (Å²) >= 11 is 0. The van der Waals surface area contributed by atoms with Gasteiger partial charge in [-0.05, 0) is 39.8 Å². The average molecular weight is 295 g/mol. The number of carbonyl (C=O) groups excluding carboxylic acids is 2. The maximum atomic E-state index is 11.7. The molecule has 21 heavy (non-hydrogen) atoms. The van der Waals surface area contributed by atoms with Gasteiger partial charge in [0.25, 0.3) is 0 Å². The summed E-state index contributed by atoms with van der Waals surface area (Å²) in [6, 6.07) is 2.47. The Kier molecular flexibility index (Phi) is 5.52. The number of rotatable bonds is 5. The van der Waals surface area contributed by atoms with Gasteiger partial charge in [-0.25, -0.2) is 9.78 Å². The second-order valence-corrected chi connectivity index (χ2v) is 5.51. The number of pyridine rings is 1. The lowest BCUT2D eigenvalue weighted by Gasteiger charge is -2.22. The highest BCUT2D eigenvalue weighted by atomic mass is 16.6. The van der Waals surface area contributed by atoms with Gasteiger partial charge in [-0.3, -0.25) is 4.79 Å². The minimum absolute atomic E-state index is 0.0511. The van der Waals surface area contributed by atoms with Crippen molar-refractivity contribution in [1.29, 1.82) is 0 Å². The van der Waals surface area contributed by atoms with Crippen LogP contribution in [0.4, 0.5) is 10.6 Å². The van der Waals surface area contributed by atoms with Gasteiger partial charge >= 0.3 is 6.09 Å². The van der Waals surface area contributed by atoms with Gasteiger partial charge < -0.3 is 20.5 Å². The molecule has 1 rings (SSSR count). The number of Topliss-reactive ketones (excluding diaryl/α,β-unsaturated/α-hetero) is 1. The third-order valence-corrected chi connectivity index (χ3v) is 2.39. The Bertz CT molecular complexity index is 511. The molecular formula is C14H21N3O4. The van der Waals surface area contributed by atoms with Gasteiger partial charge in [-0.2, -0.15) is 0 Å². The molecule has 1 amide bonds. The SMILES string of the molecule is CC(=O)[C@H](COc1cccnc1N)NC(=O)OC(C)(C)C. The van der Waals surface area contributed by atoms with Gasteiger partial charge in [-0.1, -0.05) is 0 Å². The summed E-state index contributed by atoms with van der Waals surface area (Å²) in [7, 11) is 0. The number of aromatic nitrogens is 1. The Morgan fingerprint density at radius 3 is 2.62 bits per heavy atom. The van der Waals surface area contributed by atoms with Gasteiger partial charge in [0.2, 0.25) is 0 Å². The van der Waals surface area contributed by atoms with Crippen LogP contribution in [0, 0.1) is 0 Å². The van der Waals surface area contributed by atoms with Crippen molar-refractivity contribution in [2.24, 2.45) is 0 Å². The number of ketones is 1. The number of nitrogens with zero attached hydrogens (tertiary/aromatic N) is 1. The van der Waals surface area contributed by atoms with Crippen molar-refractivity contribution in [2.45, 2.75) is 39.3 Å². The number of hydrogen-bond donors (Lipinski definition) is 2. The third kappa shape index (κ3) is 6.11. The Balaban J connectivity index is 2.61. The van der Waals surface area contributed by atoms with E-state index in [1.54, 1.807) is 32.9 Å². The molecule has 116 valence electrons. The fraction of sp³-hybridized carbons (Fsp3) is 0.500. The summed E-state index contributed by atoms with van der Waals surface area (Å²) < 4.78 is 10.5. The van der Waals surface area contributed by atoms with Gasteiger partial charge in [-0.15, -0.1) is 0 Å². The van der Waals surface area contributed by atoms with Crippen LogP contribution in [-0.4, -0.2) is 35.1 Å². The van der Waals surface area contributed by atoms with E-state index < -0.39 is 17.7 Å². The summed E-state index contributed by atoms with van der Waals surface area (Å²) in [6.45, 7) is 6.52. The molecule has 0 bridgehead atoms. The summed E-state index contributed by atoms with van der Waals surface area (Å²) in [6.07, 6.45) is 0.856. The van der Waals surface area contributed by atoms with Crippen LogP contribution in [0.15, 0.2) is 18.3 Å². The molecule has 1 aromatic rings. The van der Waals surface area contributed by atoms with Crippen molar-refractivity contribution >= 4 is 17.7 Å². The highest BCUT2D eigenvalue weighted by Gasteiger charge is 2.22. The summed E-state index contributed by atoms with van der Waals surface area (Å²) in [5.41, 5.74) is 5.00. The lowest BCUT2D eigenvalue weighted by molar-refractivity contribution is -0.119. The number of nitrogens with one attached hydrogen (secondary N) is 1. The molecule has 7 nitrogen and oxygen atoms in total. The lowest BCUT2D eigenvalue weighted by Crippen LogP contribution is -2.46. The number of ether oxygens (including phenoxy) is 2. The number of alkyl carbamates (subject to hydrolysis) is 1. The van der Waals surface area contributed by atoms with E-state index in [1.807, 2.05) is 0 Å². The van der Waals surface area contributed by atoms with E-state index in [2.05, 4.69) is 10.3 Å². The van der Waals surface area contributed by atoms with E-state index in [-0.39, 0.29) is 18.2 Å². The van der Waals surface area contributed by atoms with Crippen molar-refractivity contribution in [1.82, 2.24) is 10.3 Å². The van der Waals surface area contributed by atoms with E-state index >= 15 is 0 Å². The fourth-order valence-electron chi connectivity index (χ4n) is 1.41. The Hall–Kier alpha value is -2.31. The number of nitrogen functional groups attached to an aromatic ring is 1. The van der Waals surface area contributed by atoms with Crippen molar-refractivity contribution < 1.29 is 19.1 Å². The molecule has 0 fully saturated rings. The zero-order valence-electron chi connectivity index (χ0n) is 12.7. The number of carbonyl (C=O) groups is 2. The molecular weight excluding hydrogens is 274 g/mol. The Morgan fingerprint density at radius 2 is 2.10 bits per heavy atom. The third-order valence-electron chi connectivity index (χ3n) is 2.39. The summed E-state index contributed by atoms with van der Waals surface area (Å²) in [4.78, 5) is 27.1. The lowest BCUT2D eigenvalue weighted by atomic mass is 10.2. The number of amides is 1. The molecule has 0 unspecified atom stereocenters. The molecule has 0 radical (unpaired) electrons. The first-order valence-electron chi connectivity index (χ1n) is 6.52. The van der Waals surface area contributed by atoms with E-state index in [4.69, 9.17) is 15.2 Å². The molecule has 0 saturated carbocycles. The summed E-state index contributed by atoms with van der Waals surface area (Å²) in [5, 5.41) is 2.47. The largest absolute Gasteiger partial charge is 0.487 e. The van der Waals surface area contributed by atoms with Crippen LogP contribution in [0.3, 0.4) is 0 Å². The molecule has 7 heteroatoms. The first kappa shape index (κ1) is 16.7. The maximum absolute atomic E-state index is 11.7. The normalized spacial score (nSPS) is 12.4. The predicted molar refractivity (Wildman–Crippen MR) is 78.0 cm³/mol. The smallest absolute Gasteiger partial charge is 0.408 e. The first-order chi connectivity index (χ1) is 9.69. The topological polar surface area (TPSA) is 104 Å². The first-order valence-corrected chi connectivity index (χ1v) is 6.52. The molecule has 0 spiro atoms. The number of anilines is 1.